The van der Waals surface area contributed by atoms with Crippen molar-refractivity contribution in [3.63, 3.8) is 0 Å². The quantitative estimate of drug-likeness (QED) is 0.712. The first kappa shape index (κ1) is 21.2. The van der Waals surface area contributed by atoms with Gasteiger partial charge in [0.15, 0.2) is 5.79 Å². The van der Waals surface area contributed by atoms with E-state index in [0.717, 1.165) is 30.7 Å². The summed E-state index contributed by atoms with van der Waals surface area (Å²) < 4.78 is 23.9. The minimum atomic E-state index is -0.694. The van der Waals surface area contributed by atoms with Crippen molar-refractivity contribution in [2.24, 2.45) is 5.10 Å². The van der Waals surface area contributed by atoms with Crippen LogP contribution in [0.2, 0.25) is 0 Å². The molecule has 2 heterocycles. The van der Waals surface area contributed by atoms with Gasteiger partial charge in [-0.25, -0.2) is 0 Å². The van der Waals surface area contributed by atoms with Gasteiger partial charge < -0.3 is 18.9 Å². The molecule has 28 heavy (non-hydrogen) atoms. The molecule has 1 aromatic rings. The summed E-state index contributed by atoms with van der Waals surface area (Å²) in [5.74, 6) is -0.694. The summed E-state index contributed by atoms with van der Waals surface area (Å²) in [7, 11) is 1.74. The molecule has 156 valence electrons. The van der Waals surface area contributed by atoms with Crippen LogP contribution >= 0.6 is 0 Å². The van der Waals surface area contributed by atoms with Gasteiger partial charge in [-0.3, -0.25) is 5.01 Å². The third-order valence-corrected chi connectivity index (χ3v) is 5.29. The van der Waals surface area contributed by atoms with Crippen LogP contribution in [0.15, 0.2) is 35.4 Å². The third kappa shape index (κ3) is 5.11. The molecule has 2 saturated heterocycles. The van der Waals surface area contributed by atoms with E-state index in [1.807, 2.05) is 39.0 Å². The van der Waals surface area contributed by atoms with E-state index < -0.39 is 11.4 Å². The average molecular weight is 391 g/mol. The van der Waals surface area contributed by atoms with Crippen molar-refractivity contribution in [1.29, 1.82) is 0 Å². The minimum absolute atomic E-state index is 0.155. The summed E-state index contributed by atoms with van der Waals surface area (Å²) in [4.78, 5) is 0. The van der Waals surface area contributed by atoms with Crippen LogP contribution in [0.25, 0.3) is 0 Å². The predicted octanol–water partition coefficient (Wildman–Crippen LogP) is 3.60. The third-order valence-electron chi connectivity index (χ3n) is 5.29. The highest BCUT2D eigenvalue weighted by molar-refractivity contribution is 5.96. The Balaban J connectivity index is 1.77. The lowest BCUT2D eigenvalue weighted by atomic mass is 9.94. The molecule has 3 atom stereocenters. The van der Waals surface area contributed by atoms with Crippen molar-refractivity contribution >= 4 is 5.71 Å². The van der Waals surface area contributed by atoms with E-state index in [1.165, 1.54) is 0 Å². The van der Waals surface area contributed by atoms with E-state index in [-0.39, 0.29) is 6.10 Å². The van der Waals surface area contributed by atoms with Crippen molar-refractivity contribution in [2.45, 2.75) is 70.7 Å². The van der Waals surface area contributed by atoms with Crippen molar-refractivity contribution in [3.05, 3.63) is 35.9 Å². The van der Waals surface area contributed by atoms with Crippen LogP contribution in [-0.2, 0) is 25.6 Å². The van der Waals surface area contributed by atoms with E-state index in [0.29, 0.717) is 25.9 Å². The number of hydrogen-bond acceptors (Lipinski definition) is 6. The first-order valence-corrected chi connectivity index (χ1v) is 10.2. The van der Waals surface area contributed by atoms with Crippen molar-refractivity contribution in [2.75, 3.05) is 26.9 Å². The van der Waals surface area contributed by atoms with E-state index in [4.69, 9.17) is 24.0 Å². The topological polar surface area (TPSA) is 52.5 Å². The van der Waals surface area contributed by atoms with Crippen LogP contribution in [0, 0.1) is 0 Å². The molecule has 0 saturated carbocycles. The summed E-state index contributed by atoms with van der Waals surface area (Å²) in [6, 6.07) is 10.5. The molecule has 2 aliphatic rings. The Morgan fingerprint density at radius 1 is 1.21 bits per heavy atom. The standard InChI is InChI=1S/C22H34N2O4/c1-17-20(23-24-13-9-12-19(24)15-25-5)22(4,28-21(2,3)27-17)16-26-14-18-10-7-6-8-11-18/h6-8,10-11,17,19H,9,12-16H2,1-5H3/t17-,19-,22-/m1/s1. The number of benzene rings is 1. The van der Waals surface area contributed by atoms with E-state index >= 15 is 0 Å². The van der Waals surface area contributed by atoms with E-state index in [9.17, 15) is 0 Å². The number of ether oxygens (including phenoxy) is 4. The van der Waals surface area contributed by atoms with Crippen molar-refractivity contribution < 1.29 is 18.9 Å². The molecule has 0 amide bonds. The second-order valence-electron chi connectivity index (χ2n) is 8.37. The highest BCUT2D eigenvalue weighted by Gasteiger charge is 2.48. The molecule has 0 bridgehead atoms. The molecule has 6 nitrogen and oxygen atoms in total. The molecule has 0 radical (unpaired) electrons. The lowest BCUT2D eigenvalue weighted by Gasteiger charge is -2.47. The zero-order chi connectivity index (χ0) is 20.2. The van der Waals surface area contributed by atoms with Gasteiger partial charge in [0.05, 0.1) is 25.9 Å². The summed E-state index contributed by atoms with van der Waals surface area (Å²) in [6.45, 7) is 10.5. The van der Waals surface area contributed by atoms with Gasteiger partial charge in [-0.15, -0.1) is 0 Å². The molecule has 2 aliphatic heterocycles. The minimum Gasteiger partial charge on any atom is -0.382 e. The Kier molecular flexibility index (Phi) is 6.76. The molecule has 0 spiro atoms. The molecule has 1 aromatic carbocycles. The SMILES string of the molecule is COC[C@H]1CCCN1N=C1[C@@H](C)OC(C)(C)O[C@]1(C)COCc1ccccc1. The molecule has 0 aromatic heterocycles. The Labute approximate surface area is 168 Å². The molecule has 0 N–H and O–H groups in total. The van der Waals surface area contributed by atoms with Gasteiger partial charge in [0.25, 0.3) is 0 Å². The van der Waals surface area contributed by atoms with E-state index in [1.54, 1.807) is 7.11 Å². The first-order valence-electron chi connectivity index (χ1n) is 10.2. The van der Waals surface area contributed by atoms with Crippen LogP contribution < -0.4 is 0 Å². The highest BCUT2D eigenvalue weighted by Crippen LogP contribution is 2.34. The van der Waals surface area contributed by atoms with Gasteiger partial charge in [0.1, 0.15) is 17.4 Å². The van der Waals surface area contributed by atoms with Gasteiger partial charge in [-0.1, -0.05) is 30.3 Å². The normalized spacial score (nSPS) is 31.5. The number of methoxy groups -OCH3 is 1. The Morgan fingerprint density at radius 3 is 2.68 bits per heavy atom. The van der Waals surface area contributed by atoms with Crippen LogP contribution in [-0.4, -0.2) is 61.1 Å². The fraction of sp³-hybridized carbons (Fsp3) is 0.682. The fourth-order valence-corrected chi connectivity index (χ4v) is 4.21. The van der Waals surface area contributed by atoms with Gasteiger partial charge in [-0.05, 0) is 46.1 Å². The Morgan fingerprint density at radius 2 is 1.96 bits per heavy atom. The van der Waals surface area contributed by atoms with Crippen LogP contribution in [0.3, 0.4) is 0 Å². The van der Waals surface area contributed by atoms with Crippen LogP contribution in [0.5, 0.6) is 0 Å². The molecular weight excluding hydrogens is 356 g/mol. The largest absolute Gasteiger partial charge is 0.382 e. The Bertz CT molecular complexity index is 664. The van der Waals surface area contributed by atoms with Crippen molar-refractivity contribution in [1.82, 2.24) is 5.01 Å². The summed E-state index contributed by atoms with van der Waals surface area (Å²) in [5.41, 5.74) is 1.36. The lowest BCUT2D eigenvalue weighted by molar-refractivity contribution is -0.287. The molecular formula is C22H34N2O4. The molecule has 6 heteroatoms. The maximum Gasteiger partial charge on any atom is 0.165 e. The van der Waals surface area contributed by atoms with Crippen LogP contribution in [0.4, 0.5) is 0 Å². The van der Waals surface area contributed by atoms with Gasteiger partial charge in [0, 0.05) is 13.7 Å². The molecule has 0 unspecified atom stereocenters. The zero-order valence-electron chi connectivity index (χ0n) is 17.8. The lowest BCUT2D eigenvalue weighted by Crippen LogP contribution is -2.60. The zero-order valence-corrected chi connectivity index (χ0v) is 17.8. The van der Waals surface area contributed by atoms with Gasteiger partial charge in [-0.2, -0.15) is 5.10 Å². The summed E-state index contributed by atoms with van der Waals surface area (Å²) in [6.07, 6.45) is 2.05. The maximum absolute atomic E-state index is 6.35. The first-order chi connectivity index (χ1) is 13.3. The summed E-state index contributed by atoms with van der Waals surface area (Å²) >= 11 is 0. The average Bonchev–Trinajstić information content (AvgIpc) is 3.06. The number of hydrazone groups is 1. The molecule has 0 aliphatic carbocycles. The van der Waals surface area contributed by atoms with Crippen LogP contribution in [0.1, 0.15) is 46.1 Å². The number of hydrogen-bond donors (Lipinski definition) is 0. The monoisotopic (exact) mass is 390 g/mol. The maximum atomic E-state index is 6.35. The second kappa shape index (κ2) is 8.91. The Hall–Kier alpha value is -1.47. The smallest absolute Gasteiger partial charge is 0.165 e. The van der Waals surface area contributed by atoms with Gasteiger partial charge >= 0.3 is 0 Å². The number of rotatable bonds is 7. The highest BCUT2D eigenvalue weighted by atomic mass is 16.7. The van der Waals surface area contributed by atoms with E-state index in [2.05, 4.69) is 24.1 Å². The fourth-order valence-electron chi connectivity index (χ4n) is 4.21. The summed E-state index contributed by atoms with van der Waals surface area (Å²) in [5, 5.41) is 7.14. The molecule has 3 rings (SSSR count). The predicted molar refractivity (Wildman–Crippen MR) is 109 cm³/mol. The second-order valence-corrected chi connectivity index (χ2v) is 8.37. The molecule has 2 fully saturated rings. The number of nitrogens with zero attached hydrogens (tertiary/aromatic N) is 2. The van der Waals surface area contributed by atoms with Crippen molar-refractivity contribution in [3.8, 4) is 0 Å². The van der Waals surface area contributed by atoms with Gasteiger partial charge in [0.2, 0.25) is 0 Å².